The van der Waals surface area contributed by atoms with E-state index >= 15 is 0 Å². The third-order valence-electron chi connectivity index (χ3n) is 6.11. The van der Waals surface area contributed by atoms with Crippen LogP contribution in [-0.4, -0.2) is 53.3 Å². The number of amides is 2. The predicted octanol–water partition coefficient (Wildman–Crippen LogP) is 3.38. The zero-order valence-corrected chi connectivity index (χ0v) is 18.6. The van der Waals surface area contributed by atoms with Crippen molar-refractivity contribution in [1.29, 1.82) is 0 Å². The highest BCUT2D eigenvalue weighted by Gasteiger charge is 2.33. The third kappa shape index (κ3) is 4.75. The number of thioether (sulfide) groups is 1. The van der Waals surface area contributed by atoms with E-state index in [0.29, 0.717) is 5.25 Å². The third-order valence-corrected chi connectivity index (χ3v) is 7.16. The first kappa shape index (κ1) is 22.2. The van der Waals surface area contributed by atoms with E-state index in [-0.39, 0.29) is 18.6 Å². The van der Waals surface area contributed by atoms with Crippen LogP contribution in [0.2, 0.25) is 0 Å². The molecule has 8 heteroatoms. The van der Waals surface area contributed by atoms with E-state index in [0.717, 1.165) is 35.1 Å². The summed E-state index contributed by atoms with van der Waals surface area (Å²) in [5, 5.41) is 15.0. The van der Waals surface area contributed by atoms with Crippen molar-refractivity contribution in [2.45, 2.75) is 42.5 Å². The van der Waals surface area contributed by atoms with Gasteiger partial charge in [-0.25, -0.2) is 4.79 Å². The number of carboxylic acid groups (broad SMARTS) is 1. The molecule has 7 nitrogen and oxygen atoms in total. The number of fused-ring (bicyclic) bond motifs is 3. The number of carbonyl (C=O) groups is 3. The van der Waals surface area contributed by atoms with Crippen molar-refractivity contribution in [3.05, 3.63) is 59.7 Å². The van der Waals surface area contributed by atoms with Crippen molar-refractivity contribution in [2.24, 2.45) is 0 Å². The smallest absolute Gasteiger partial charge is 0.407 e. The predicted molar refractivity (Wildman–Crippen MR) is 123 cm³/mol. The first-order chi connectivity index (χ1) is 15.5. The van der Waals surface area contributed by atoms with Crippen LogP contribution in [0.5, 0.6) is 0 Å². The van der Waals surface area contributed by atoms with E-state index in [2.05, 4.69) is 10.6 Å². The molecule has 0 heterocycles. The number of rotatable bonds is 8. The summed E-state index contributed by atoms with van der Waals surface area (Å²) in [5.41, 5.74) is 4.39. The molecule has 1 saturated carbocycles. The number of carboxylic acids is 1. The highest BCUT2D eigenvalue weighted by molar-refractivity contribution is 7.99. The van der Waals surface area contributed by atoms with Crippen LogP contribution in [0.4, 0.5) is 4.79 Å². The van der Waals surface area contributed by atoms with E-state index in [1.807, 2.05) is 54.8 Å². The Hall–Kier alpha value is -3.00. The lowest BCUT2D eigenvalue weighted by atomic mass is 9.92. The van der Waals surface area contributed by atoms with Gasteiger partial charge in [-0.15, -0.1) is 0 Å². The average Bonchev–Trinajstić information content (AvgIpc) is 3.07. The molecule has 32 heavy (non-hydrogen) atoms. The minimum absolute atomic E-state index is 0.0144. The molecule has 0 aliphatic heterocycles. The van der Waals surface area contributed by atoms with Gasteiger partial charge in [-0.05, 0) is 41.4 Å². The molecule has 1 fully saturated rings. The SMILES string of the molecule is CSC1CC(NC(=O)C(CC(=O)O)NC(=O)OCC2c3ccccc3-c3ccccc32)C1. The van der Waals surface area contributed by atoms with Crippen LogP contribution >= 0.6 is 11.8 Å². The molecular formula is C24H26N2O5S. The Morgan fingerprint density at radius 1 is 1.06 bits per heavy atom. The number of hydrogen-bond donors (Lipinski definition) is 3. The molecule has 3 N–H and O–H groups in total. The van der Waals surface area contributed by atoms with Crippen molar-refractivity contribution >= 4 is 29.7 Å². The second-order valence-corrected chi connectivity index (χ2v) is 9.29. The number of alkyl carbamates (subject to hydrolysis) is 1. The lowest BCUT2D eigenvalue weighted by molar-refractivity contribution is -0.140. The second-order valence-electron chi connectivity index (χ2n) is 8.15. The summed E-state index contributed by atoms with van der Waals surface area (Å²) in [4.78, 5) is 36.3. The van der Waals surface area contributed by atoms with E-state index < -0.39 is 30.4 Å². The van der Waals surface area contributed by atoms with Crippen molar-refractivity contribution in [3.63, 3.8) is 0 Å². The van der Waals surface area contributed by atoms with E-state index in [9.17, 15) is 19.5 Å². The molecule has 2 aromatic rings. The van der Waals surface area contributed by atoms with Gasteiger partial charge in [-0.3, -0.25) is 9.59 Å². The minimum Gasteiger partial charge on any atom is -0.481 e. The van der Waals surface area contributed by atoms with Gasteiger partial charge in [0, 0.05) is 17.2 Å². The van der Waals surface area contributed by atoms with E-state index in [1.165, 1.54) is 0 Å². The molecular weight excluding hydrogens is 428 g/mol. The average molecular weight is 455 g/mol. The molecule has 0 aromatic heterocycles. The van der Waals surface area contributed by atoms with Gasteiger partial charge in [-0.2, -0.15) is 11.8 Å². The Kier molecular flexibility index (Phi) is 6.69. The molecule has 2 aliphatic rings. The summed E-state index contributed by atoms with van der Waals surface area (Å²) in [6, 6.07) is 14.8. The molecule has 1 unspecified atom stereocenters. The quantitative estimate of drug-likeness (QED) is 0.565. The highest BCUT2D eigenvalue weighted by atomic mass is 32.2. The summed E-state index contributed by atoms with van der Waals surface area (Å²) in [6.45, 7) is 0.0965. The number of ether oxygens (including phenoxy) is 1. The zero-order chi connectivity index (χ0) is 22.7. The van der Waals surface area contributed by atoms with Crippen molar-refractivity contribution in [1.82, 2.24) is 10.6 Å². The fourth-order valence-electron chi connectivity index (χ4n) is 4.34. The summed E-state index contributed by atoms with van der Waals surface area (Å²) in [6.07, 6.45) is 2.40. The Balaban J connectivity index is 1.37. The van der Waals surface area contributed by atoms with Crippen LogP contribution in [0.1, 0.15) is 36.3 Å². The van der Waals surface area contributed by atoms with Gasteiger partial charge in [0.25, 0.3) is 0 Å². The van der Waals surface area contributed by atoms with Crippen LogP contribution in [0.25, 0.3) is 11.1 Å². The van der Waals surface area contributed by atoms with Gasteiger partial charge in [0.15, 0.2) is 0 Å². The summed E-state index contributed by atoms with van der Waals surface area (Å²) < 4.78 is 5.46. The topological polar surface area (TPSA) is 105 Å². The van der Waals surface area contributed by atoms with Gasteiger partial charge in [0.1, 0.15) is 12.6 Å². The van der Waals surface area contributed by atoms with Crippen LogP contribution in [0.15, 0.2) is 48.5 Å². The van der Waals surface area contributed by atoms with Gasteiger partial charge in [0.2, 0.25) is 5.91 Å². The van der Waals surface area contributed by atoms with E-state index in [1.54, 1.807) is 11.8 Å². The molecule has 0 saturated heterocycles. The van der Waals surface area contributed by atoms with Crippen molar-refractivity contribution < 1.29 is 24.2 Å². The Labute approximate surface area is 190 Å². The number of hydrogen-bond acceptors (Lipinski definition) is 5. The Morgan fingerprint density at radius 3 is 2.22 bits per heavy atom. The minimum atomic E-state index is -1.18. The van der Waals surface area contributed by atoms with Crippen LogP contribution in [0, 0.1) is 0 Å². The maximum atomic E-state index is 12.5. The summed E-state index contributed by atoms with van der Waals surface area (Å²) in [5.74, 6) is -1.77. The van der Waals surface area contributed by atoms with Crippen LogP contribution in [-0.2, 0) is 14.3 Å². The summed E-state index contributed by atoms with van der Waals surface area (Å²) in [7, 11) is 0. The molecule has 168 valence electrons. The van der Waals surface area contributed by atoms with Gasteiger partial charge < -0.3 is 20.5 Å². The Bertz CT molecular complexity index is 975. The lowest BCUT2D eigenvalue weighted by Gasteiger charge is -2.35. The van der Waals surface area contributed by atoms with Gasteiger partial charge in [0.05, 0.1) is 6.42 Å². The molecule has 2 aromatic carbocycles. The maximum absolute atomic E-state index is 12.5. The molecule has 1 atom stereocenters. The largest absolute Gasteiger partial charge is 0.481 e. The fraction of sp³-hybridized carbons (Fsp3) is 0.375. The first-order valence-corrected chi connectivity index (χ1v) is 11.9. The van der Waals surface area contributed by atoms with Crippen LogP contribution < -0.4 is 10.6 Å². The zero-order valence-electron chi connectivity index (χ0n) is 17.7. The molecule has 4 rings (SSSR count). The van der Waals surface area contributed by atoms with Gasteiger partial charge in [-0.1, -0.05) is 48.5 Å². The number of carbonyl (C=O) groups excluding carboxylic acids is 2. The molecule has 0 spiro atoms. The first-order valence-electron chi connectivity index (χ1n) is 10.6. The summed E-state index contributed by atoms with van der Waals surface area (Å²) >= 11 is 1.75. The normalized spacial score (nSPS) is 19.8. The van der Waals surface area contributed by atoms with Crippen LogP contribution in [0.3, 0.4) is 0 Å². The lowest BCUT2D eigenvalue weighted by Crippen LogP contribution is -2.54. The second kappa shape index (κ2) is 9.65. The standard InChI is InChI=1S/C24H26N2O5S/c1-32-15-10-14(11-15)25-23(29)21(12-22(27)28)26-24(30)31-13-20-18-8-4-2-6-16(18)17-7-3-5-9-19(17)20/h2-9,14-15,20-21H,10-13H2,1H3,(H,25,29)(H,26,30)(H,27,28). The molecule has 2 amide bonds. The Morgan fingerprint density at radius 2 is 1.66 bits per heavy atom. The molecule has 2 aliphatic carbocycles. The van der Waals surface area contributed by atoms with Gasteiger partial charge >= 0.3 is 12.1 Å². The fourth-order valence-corrected chi connectivity index (χ4v) is 5.19. The van der Waals surface area contributed by atoms with E-state index in [4.69, 9.17) is 4.74 Å². The highest BCUT2D eigenvalue weighted by Crippen LogP contribution is 2.44. The molecule has 0 radical (unpaired) electrons. The monoisotopic (exact) mass is 454 g/mol. The van der Waals surface area contributed by atoms with Crippen molar-refractivity contribution in [3.8, 4) is 11.1 Å². The number of benzene rings is 2. The van der Waals surface area contributed by atoms with Crippen molar-refractivity contribution in [2.75, 3.05) is 12.9 Å². The number of nitrogens with one attached hydrogen (secondary N) is 2. The molecule has 0 bridgehead atoms. The number of aliphatic carboxylic acids is 1. The maximum Gasteiger partial charge on any atom is 0.407 e.